The maximum atomic E-state index is 4.69. The average molecular weight is 341 g/mol. The fourth-order valence-electron chi connectivity index (χ4n) is 2.42. The zero-order valence-corrected chi connectivity index (χ0v) is 13.5. The lowest BCUT2D eigenvalue weighted by molar-refractivity contribution is 1.05. The van der Waals surface area contributed by atoms with Gasteiger partial charge in [0.05, 0.1) is 17.8 Å². The summed E-state index contributed by atoms with van der Waals surface area (Å²) in [5.74, 6) is 0. The van der Waals surface area contributed by atoms with Gasteiger partial charge in [0.1, 0.15) is 0 Å². The Balaban J connectivity index is 1.80. The van der Waals surface area contributed by atoms with E-state index in [0.717, 1.165) is 28.6 Å². The number of hydrogen-bond donors (Lipinski definition) is 1. The highest BCUT2D eigenvalue weighted by atomic mass is 79.9. The first-order chi connectivity index (χ1) is 10.3. The maximum absolute atomic E-state index is 4.69. The van der Waals surface area contributed by atoms with Gasteiger partial charge in [-0.05, 0) is 42.3 Å². The molecule has 2 aromatic carbocycles. The third-order valence-corrected chi connectivity index (χ3v) is 4.06. The summed E-state index contributed by atoms with van der Waals surface area (Å²) in [5.41, 5.74) is 4.59. The molecule has 0 aliphatic heterocycles. The van der Waals surface area contributed by atoms with E-state index in [2.05, 4.69) is 70.6 Å². The van der Waals surface area contributed by atoms with Crippen LogP contribution < -0.4 is 5.32 Å². The monoisotopic (exact) mass is 340 g/mol. The molecule has 0 spiro atoms. The molecule has 0 unspecified atom stereocenters. The largest absolute Gasteiger partial charge is 0.379 e. The highest BCUT2D eigenvalue weighted by Gasteiger charge is 2.03. The van der Waals surface area contributed by atoms with Crippen LogP contribution in [0.1, 0.15) is 18.2 Å². The van der Waals surface area contributed by atoms with Crippen LogP contribution in [0.25, 0.3) is 10.9 Å². The summed E-state index contributed by atoms with van der Waals surface area (Å²) in [4.78, 5) is 4.69. The molecule has 0 radical (unpaired) electrons. The summed E-state index contributed by atoms with van der Waals surface area (Å²) in [6.07, 6.45) is 1.01. The molecule has 0 amide bonds. The van der Waals surface area contributed by atoms with Crippen molar-refractivity contribution in [3.8, 4) is 0 Å². The highest BCUT2D eigenvalue weighted by molar-refractivity contribution is 9.10. The van der Waals surface area contributed by atoms with Gasteiger partial charge in [0, 0.05) is 15.5 Å². The van der Waals surface area contributed by atoms with Crippen LogP contribution in [-0.2, 0) is 13.0 Å². The van der Waals surface area contributed by atoms with Crippen LogP contribution in [0, 0.1) is 0 Å². The molecule has 0 atom stereocenters. The first kappa shape index (κ1) is 14.1. The van der Waals surface area contributed by atoms with E-state index in [1.165, 1.54) is 16.6 Å². The van der Waals surface area contributed by atoms with Gasteiger partial charge in [0.25, 0.3) is 0 Å². The Morgan fingerprint density at radius 3 is 2.76 bits per heavy atom. The van der Waals surface area contributed by atoms with Crippen molar-refractivity contribution >= 4 is 32.5 Å². The van der Waals surface area contributed by atoms with E-state index in [1.807, 2.05) is 12.1 Å². The number of fused-ring (bicyclic) bond motifs is 1. The Morgan fingerprint density at radius 2 is 1.90 bits per heavy atom. The lowest BCUT2D eigenvalue weighted by atomic mass is 10.1. The summed E-state index contributed by atoms with van der Waals surface area (Å²) >= 11 is 3.52. The van der Waals surface area contributed by atoms with Crippen molar-refractivity contribution in [1.82, 2.24) is 4.98 Å². The van der Waals surface area contributed by atoms with Crippen LogP contribution in [0.2, 0.25) is 0 Å². The fourth-order valence-corrected chi connectivity index (χ4v) is 2.83. The standard InChI is InChI=1S/C18H17BrN2/c1-2-13-11-15(19)8-10-17(13)20-12-16-9-7-14-5-3-4-6-18(14)21-16/h3-11,20H,2,12H2,1H3. The summed E-state index contributed by atoms with van der Waals surface area (Å²) in [5, 5.41) is 4.67. The van der Waals surface area contributed by atoms with E-state index in [9.17, 15) is 0 Å². The molecule has 106 valence electrons. The average Bonchev–Trinajstić information content (AvgIpc) is 2.53. The number of aromatic nitrogens is 1. The minimum atomic E-state index is 0.736. The first-order valence-electron chi connectivity index (χ1n) is 7.13. The van der Waals surface area contributed by atoms with Crippen LogP contribution in [-0.4, -0.2) is 4.98 Å². The van der Waals surface area contributed by atoms with Crippen molar-refractivity contribution in [1.29, 1.82) is 0 Å². The fraction of sp³-hybridized carbons (Fsp3) is 0.167. The molecule has 1 heterocycles. The predicted molar refractivity (Wildman–Crippen MR) is 92.6 cm³/mol. The van der Waals surface area contributed by atoms with Crippen molar-refractivity contribution in [3.05, 3.63) is 70.3 Å². The van der Waals surface area contributed by atoms with Crippen LogP contribution >= 0.6 is 15.9 Å². The van der Waals surface area contributed by atoms with Crippen LogP contribution in [0.15, 0.2) is 59.1 Å². The van der Waals surface area contributed by atoms with Crippen LogP contribution in [0.5, 0.6) is 0 Å². The molecule has 1 aromatic heterocycles. The number of anilines is 1. The molecule has 3 rings (SSSR count). The van der Waals surface area contributed by atoms with E-state index in [1.54, 1.807) is 0 Å². The molecular weight excluding hydrogens is 324 g/mol. The molecule has 0 fully saturated rings. The highest BCUT2D eigenvalue weighted by Crippen LogP contribution is 2.22. The number of pyridine rings is 1. The van der Waals surface area contributed by atoms with Crippen molar-refractivity contribution < 1.29 is 0 Å². The van der Waals surface area contributed by atoms with Crippen LogP contribution in [0.3, 0.4) is 0 Å². The number of aryl methyl sites for hydroxylation is 1. The molecule has 0 aliphatic rings. The minimum Gasteiger partial charge on any atom is -0.379 e. The lowest BCUT2D eigenvalue weighted by Crippen LogP contribution is -2.04. The summed E-state index contributed by atoms with van der Waals surface area (Å²) in [7, 11) is 0. The quantitative estimate of drug-likeness (QED) is 0.708. The second-order valence-electron chi connectivity index (χ2n) is 5.00. The van der Waals surface area contributed by atoms with Gasteiger partial charge >= 0.3 is 0 Å². The predicted octanol–water partition coefficient (Wildman–Crippen LogP) is 5.17. The Kier molecular flexibility index (Phi) is 4.20. The van der Waals surface area contributed by atoms with E-state index >= 15 is 0 Å². The molecule has 0 aliphatic carbocycles. The minimum absolute atomic E-state index is 0.736. The smallest absolute Gasteiger partial charge is 0.0706 e. The summed E-state index contributed by atoms with van der Waals surface area (Å²) in [6.45, 7) is 2.90. The number of rotatable bonds is 4. The Labute approximate surface area is 133 Å². The molecule has 3 aromatic rings. The number of benzene rings is 2. The zero-order chi connectivity index (χ0) is 14.7. The lowest BCUT2D eigenvalue weighted by Gasteiger charge is -2.11. The van der Waals surface area contributed by atoms with E-state index < -0.39 is 0 Å². The molecule has 3 heteroatoms. The Bertz CT molecular complexity index is 768. The second kappa shape index (κ2) is 6.27. The number of halogens is 1. The molecule has 0 saturated heterocycles. The topological polar surface area (TPSA) is 24.9 Å². The third kappa shape index (κ3) is 3.24. The molecular formula is C18H17BrN2. The van der Waals surface area contributed by atoms with E-state index in [4.69, 9.17) is 4.98 Å². The van der Waals surface area contributed by atoms with Crippen molar-refractivity contribution in [2.24, 2.45) is 0 Å². The van der Waals surface area contributed by atoms with Crippen molar-refractivity contribution in [2.75, 3.05) is 5.32 Å². The number of nitrogens with zero attached hydrogens (tertiary/aromatic N) is 1. The molecule has 0 saturated carbocycles. The van der Waals surface area contributed by atoms with Gasteiger partial charge in [-0.1, -0.05) is 47.1 Å². The van der Waals surface area contributed by atoms with Crippen LogP contribution in [0.4, 0.5) is 5.69 Å². The molecule has 21 heavy (non-hydrogen) atoms. The van der Waals surface area contributed by atoms with Crippen molar-refractivity contribution in [3.63, 3.8) is 0 Å². The maximum Gasteiger partial charge on any atom is 0.0706 e. The Morgan fingerprint density at radius 1 is 1.05 bits per heavy atom. The van der Waals surface area contributed by atoms with Gasteiger partial charge in [-0.3, -0.25) is 4.98 Å². The Hall–Kier alpha value is -1.87. The van der Waals surface area contributed by atoms with Gasteiger partial charge in [0.2, 0.25) is 0 Å². The first-order valence-corrected chi connectivity index (χ1v) is 7.92. The van der Waals surface area contributed by atoms with Gasteiger partial charge in [-0.25, -0.2) is 0 Å². The zero-order valence-electron chi connectivity index (χ0n) is 11.9. The van der Waals surface area contributed by atoms with Gasteiger partial charge in [-0.15, -0.1) is 0 Å². The third-order valence-electron chi connectivity index (χ3n) is 3.56. The van der Waals surface area contributed by atoms with Gasteiger partial charge in [-0.2, -0.15) is 0 Å². The normalized spacial score (nSPS) is 10.8. The molecule has 1 N–H and O–H groups in total. The number of hydrogen-bond acceptors (Lipinski definition) is 2. The SMILES string of the molecule is CCc1cc(Br)ccc1NCc1ccc2ccccc2n1. The summed E-state index contributed by atoms with van der Waals surface area (Å²) in [6, 6.07) is 18.8. The van der Waals surface area contributed by atoms with Crippen molar-refractivity contribution in [2.45, 2.75) is 19.9 Å². The van der Waals surface area contributed by atoms with Gasteiger partial charge < -0.3 is 5.32 Å². The number of nitrogens with one attached hydrogen (secondary N) is 1. The number of para-hydroxylation sites is 1. The summed E-state index contributed by atoms with van der Waals surface area (Å²) < 4.78 is 1.12. The van der Waals surface area contributed by atoms with E-state index in [0.29, 0.717) is 0 Å². The second-order valence-corrected chi connectivity index (χ2v) is 5.92. The molecule has 2 nitrogen and oxygen atoms in total. The molecule has 0 bridgehead atoms. The van der Waals surface area contributed by atoms with E-state index in [-0.39, 0.29) is 0 Å². The van der Waals surface area contributed by atoms with Gasteiger partial charge in [0.15, 0.2) is 0 Å².